The van der Waals surface area contributed by atoms with E-state index in [-0.39, 0.29) is 48.2 Å². The second kappa shape index (κ2) is 12.0. The molecule has 0 radical (unpaired) electrons. The van der Waals surface area contributed by atoms with Crippen molar-refractivity contribution >= 4 is 58.5 Å². The van der Waals surface area contributed by atoms with Gasteiger partial charge in [-0.05, 0) is 89.2 Å². The van der Waals surface area contributed by atoms with Crippen LogP contribution in [0.5, 0.6) is 0 Å². The molecule has 1 aliphatic carbocycles. The van der Waals surface area contributed by atoms with E-state index in [9.17, 15) is 15.0 Å². The molecule has 2 aliphatic heterocycles. The fraction of sp³-hybridized carbons (Fsp3) is 0.615. The van der Waals surface area contributed by atoms with Gasteiger partial charge in [-0.3, -0.25) is 14.7 Å². The number of carbonyl (C=O) groups is 1. The normalized spacial score (nSPS) is 23.7. The number of hydrogen-bond donors (Lipinski definition) is 3. The first-order chi connectivity index (χ1) is 17.7. The molecule has 1 saturated carbocycles. The lowest BCUT2D eigenvalue weighted by Crippen LogP contribution is -2.49. The summed E-state index contributed by atoms with van der Waals surface area (Å²) < 4.78 is 12.5. The minimum atomic E-state index is -0.936. The fourth-order valence-corrected chi connectivity index (χ4v) is 4.86. The van der Waals surface area contributed by atoms with E-state index < -0.39 is 12.7 Å². The minimum absolute atomic E-state index is 0. The fourth-order valence-electron chi connectivity index (χ4n) is 4.59. The summed E-state index contributed by atoms with van der Waals surface area (Å²) in [6, 6.07) is 3.81. The van der Waals surface area contributed by atoms with Crippen LogP contribution >= 0.6 is 28.3 Å². The van der Waals surface area contributed by atoms with Crippen molar-refractivity contribution in [2.24, 2.45) is 0 Å². The molecule has 39 heavy (non-hydrogen) atoms. The molecule has 214 valence electrons. The molecule has 2 fully saturated rings. The van der Waals surface area contributed by atoms with Crippen LogP contribution in [0.15, 0.2) is 29.1 Å². The summed E-state index contributed by atoms with van der Waals surface area (Å²) in [5.74, 6) is 1.25. The van der Waals surface area contributed by atoms with Crippen molar-refractivity contribution in [3.63, 3.8) is 0 Å². The summed E-state index contributed by atoms with van der Waals surface area (Å²) in [5.41, 5.74) is -0.146. The average molecular weight is 632 g/mol. The van der Waals surface area contributed by atoms with Gasteiger partial charge in [0.2, 0.25) is 5.91 Å². The van der Waals surface area contributed by atoms with Crippen LogP contribution in [-0.4, -0.2) is 68.1 Å². The monoisotopic (exact) mass is 630 g/mol. The van der Waals surface area contributed by atoms with E-state index in [1.165, 1.54) is 0 Å². The number of aliphatic hydroxyl groups is 2. The van der Waals surface area contributed by atoms with E-state index >= 15 is 0 Å². The number of nitrogens with one attached hydrogen (secondary N) is 1. The number of aliphatic hydroxyl groups excluding tert-OH is 1. The minimum Gasteiger partial charge on any atom is -0.399 e. The van der Waals surface area contributed by atoms with E-state index in [0.717, 1.165) is 31.1 Å². The maximum Gasteiger partial charge on any atom is 0.496 e. The van der Waals surface area contributed by atoms with Gasteiger partial charge in [-0.15, -0.1) is 12.4 Å². The summed E-state index contributed by atoms with van der Waals surface area (Å²) in [6.07, 6.45) is 6.17. The van der Waals surface area contributed by atoms with Crippen LogP contribution in [0.4, 0.5) is 11.6 Å². The number of anilines is 2. The second-order valence-electron chi connectivity index (χ2n) is 11.6. The Morgan fingerprint density at radius 2 is 1.69 bits per heavy atom. The highest BCUT2D eigenvalue weighted by atomic mass is 79.9. The van der Waals surface area contributed by atoms with Crippen molar-refractivity contribution in [2.75, 3.05) is 16.8 Å². The Kier molecular flexibility index (Phi) is 9.72. The third-order valence-electron chi connectivity index (χ3n) is 7.60. The van der Waals surface area contributed by atoms with Crippen LogP contribution in [-0.2, 0) is 19.7 Å². The SMILES string of the molecule is CC1(C)OB(c2ccc([13C]([13CH3])([13CH3])O)nc2)OC1(C)C.Cl.O=[13C]1[13CH2]Nc2ncc(Br)nc2N1C1CCC(O)CC1. The highest BCUT2D eigenvalue weighted by molar-refractivity contribution is 9.10. The van der Waals surface area contributed by atoms with E-state index in [1.54, 1.807) is 37.2 Å². The highest BCUT2D eigenvalue weighted by Gasteiger charge is 2.51. The number of hydrogen-bond acceptors (Lipinski definition) is 9. The molecule has 0 atom stereocenters. The Morgan fingerprint density at radius 1 is 1.08 bits per heavy atom. The molecule has 1 saturated heterocycles. The predicted octanol–water partition coefficient (Wildman–Crippen LogP) is 3.33. The molecular formula is C26H38BBrClN5O5. The molecule has 0 unspecified atom stereocenters. The first-order valence-electron chi connectivity index (χ1n) is 13.0. The van der Waals surface area contributed by atoms with E-state index in [1.807, 2.05) is 33.8 Å². The maximum atomic E-state index is 12.2. The number of carbonyl (C=O) groups excluding carboxylic acids is 1. The second-order valence-corrected chi connectivity index (χ2v) is 12.4. The summed E-state index contributed by atoms with van der Waals surface area (Å²) in [7, 11) is -0.409. The number of amides is 1. The smallest absolute Gasteiger partial charge is 0.399 e. The molecular weight excluding hydrogens is 593 g/mol. The van der Waals surface area contributed by atoms with Crippen molar-refractivity contribution in [2.45, 2.75) is 96.2 Å². The molecule has 5 rings (SSSR count). The number of fused-ring (bicyclic) bond motifs is 1. The molecule has 0 aromatic carbocycles. The van der Waals surface area contributed by atoms with Gasteiger partial charge in [-0.1, -0.05) is 6.07 Å². The van der Waals surface area contributed by atoms with Gasteiger partial charge >= 0.3 is 7.12 Å². The Balaban J connectivity index is 0.000000210. The van der Waals surface area contributed by atoms with Gasteiger partial charge in [0.25, 0.3) is 0 Å². The van der Waals surface area contributed by atoms with Crippen molar-refractivity contribution < 1.29 is 24.3 Å². The van der Waals surface area contributed by atoms with Crippen molar-refractivity contribution in [1.29, 1.82) is 0 Å². The quantitative estimate of drug-likeness (QED) is 0.345. The molecule has 1 amide bonds. The molecule has 4 heterocycles. The lowest BCUT2D eigenvalue weighted by molar-refractivity contribution is -0.118. The Hall–Kier alpha value is -1.83. The lowest BCUT2D eigenvalue weighted by Gasteiger charge is -2.37. The van der Waals surface area contributed by atoms with Gasteiger partial charge in [0, 0.05) is 17.7 Å². The maximum absolute atomic E-state index is 12.2. The van der Waals surface area contributed by atoms with Gasteiger partial charge in [-0.25, -0.2) is 9.97 Å². The number of aromatic nitrogens is 3. The van der Waals surface area contributed by atoms with Crippen molar-refractivity contribution in [3.8, 4) is 0 Å². The van der Waals surface area contributed by atoms with Crippen molar-refractivity contribution in [3.05, 3.63) is 34.8 Å². The third-order valence-corrected chi connectivity index (χ3v) is 7.98. The van der Waals surface area contributed by atoms with Gasteiger partial charge in [0.05, 0.1) is 35.7 Å². The molecule has 13 heteroatoms. The first-order valence-corrected chi connectivity index (χ1v) is 13.8. The topological polar surface area (TPSA) is 130 Å². The molecule has 10 nitrogen and oxygen atoms in total. The summed E-state index contributed by atoms with van der Waals surface area (Å²) in [5, 5.41) is 22.4. The Bertz CT molecular complexity index is 1140. The molecule has 3 aliphatic rings. The predicted molar refractivity (Wildman–Crippen MR) is 156 cm³/mol. The summed E-state index contributed by atoms with van der Waals surface area (Å²) in [6.45, 7) is 11.8. The van der Waals surface area contributed by atoms with Crippen molar-refractivity contribution in [1.82, 2.24) is 15.0 Å². The number of rotatable bonds is 3. The van der Waals surface area contributed by atoms with E-state index in [4.69, 9.17) is 9.31 Å². The summed E-state index contributed by atoms with van der Waals surface area (Å²) >= 11 is 3.29. The van der Waals surface area contributed by atoms with Gasteiger partial charge in [-0.2, -0.15) is 0 Å². The molecule has 3 N–H and O–H groups in total. The number of pyridine rings is 1. The van der Waals surface area contributed by atoms with Crippen LogP contribution in [0.3, 0.4) is 0 Å². The van der Waals surface area contributed by atoms with Crippen LogP contribution in [0.2, 0.25) is 0 Å². The Labute approximate surface area is 245 Å². The van der Waals surface area contributed by atoms with Crippen LogP contribution in [0, 0.1) is 0 Å². The number of nitrogens with zero attached hydrogens (tertiary/aromatic N) is 4. The van der Waals surface area contributed by atoms with Gasteiger partial charge in [0.1, 0.15) is 10.2 Å². The zero-order valence-corrected chi connectivity index (χ0v) is 25.7. The van der Waals surface area contributed by atoms with Crippen LogP contribution in [0.1, 0.15) is 72.9 Å². The summed E-state index contributed by atoms with van der Waals surface area (Å²) in [4.78, 5) is 26.8. The highest BCUT2D eigenvalue weighted by Crippen LogP contribution is 2.36. The van der Waals surface area contributed by atoms with E-state index in [2.05, 4.69) is 36.2 Å². The van der Waals surface area contributed by atoms with Gasteiger partial charge in [0.15, 0.2) is 11.6 Å². The lowest BCUT2D eigenvalue weighted by atomic mass is 9.80. The largest absolute Gasteiger partial charge is 0.496 e. The zero-order chi connectivity index (χ0) is 27.9. The average Bonchev–Trinajstić information content (AvgIpc) is 3.06. The Morgan fingerprint density at radius 3 is 2.23 bits per heavy atom. The van der Waals surface area contributed by atoms with E-state index in [0.29, 0.717) is 21.9 Å². The molecule has 0 bridgehead atoms. The van der Waals surface area contributed by atoms with Gasteiger partial charge < -0.3 is 24.8 Å². The van der Waals surface area contributed by atoms with Crippen LogP contribution < -0.4 is 15.7 Å². The third kappa shape index (κ3) is 7.09. The number of halogens is 2. The zero-order valence-electron chi connectivity index (χ0n) is 23.3. The molecule has 2 aromatic heterocycles. The molecule has 2 aromatic rings. The van der Waals surface area contributed by atoms with Crippen LogP contribution in [0.25, 0.3) is 0 Å². The first kappa shape index (κ1) is 31.7. The molecule has 0 spiro atoms. The standard InChI is InChI=1S/C14H22BNO3.C12H15BrN4O2.ClH/c1-12(2,17)11-8-7-10(9-16-11)15-18-13(3,4)14(5,6)19-15;13-9-5-14-11-12(16-9)17(10(19)6-15-11)7-1-3-8(18)4-2-7;/h7-9,17H,1-6H3;5,7-8,18H,1-4,6H2,(H,14,15);1H/i1+1,2+1,12+1;6+1,10+1;.